The summed E-state index contributed by atoms with van der Waals surface area (Å²) in [6.07, 6.45) is -3.85. The second-order valence-corrected chi connectivity index (χ2v) is 2.57. The molecular formula is C7H4ClF4N. The van der Waals surface area contributed by atoms with Gasteiger partial charge in [-0.25, -0.2) is 9.37 Å². The summed E-state index contributed by atoms with van der Waals surface area (Å²) in [4.78, 5) is 2.94. The molecule has 1 nitrogen and oxygen atoms in total. The maximum atomic E-state index is 12.7. The molecule has 0 aromatic carbocycles. The molecule has 1 aromatic rings. The van der Waals surface area contributed by atoms with Crippen LogP contribution in [0.5, 0.6) is 0 Å². The molecule has 0 saturated carbocycles. The summed E-state index contributed by atoms with van der Waals surface area (Å²) < 4.78 is 48.5. The highest BCUT2D eigenvalue weighted by molar-refractivity contribution is 6.17. The fraction of sp³-hybridized carbons (Fsp3) is 0.286. The van der Waals surface area contributed by atoms with Crippen LogP contribution in [0.15, 0.2) is 12.3 Å². The molecule has 0 N–H and O–H groups in total. The molecule has 0 aliphatic heterocycles. The van der Waals surface area contributed by atoms with Crippen LogP contribution in [-0.2, 0) is 12.1 Å². The number of hydrogen-bond acceptors (Lipinski definition) is 1. The smallest absolute Gasteiger partial charge is 0.249 e. The summed E-state index contributed by atoms with van der Waals surface area (Å²) in [5, 5.41) is 0. The summed E-state index contributed by atoms with van der Waals surface area (Å²) in [5.74, 6) is -1.46. The van der Waals surface area contributed by atoms with Crippen molar-refractivity contribution in [2.45, 2.75) is 12.1 Å². The van der Waals surface area contributed by atoms with Gasteiger partial charge in [-0.05, 0) is 11.6 Å². The minimum Gasteiger partial charge on any atom is -0.249 e. The van der Waals surface area contributed by atoms with E-state index < -0.39 is 17.7 Å². The zero-order valence-corrected chi connectivity index (χ0v) is 6.95. The Bertz CT molecular complexity index is 310. The number of alkyl halides is 4. The molecule has 0 unspecified atom stereocenters. The van der Waals surface area contributed by atoms with Crippen molar-refractivity contribution in [1.82, 2.24) is 4.98 Å². The lowest BCUT2D eigenvalue weighted by atomic mass is 10.2. The minimum absolute atomic E-state index is 0.0674. The Morgan fingerprint density at radius 3 is 2.38 bits per heavy atom. The number of pyridine rings is 1. The summed E-state index contributed by atoms with van der Waals surface area (Å²) >= 11 is 5.28. The fourth-order valence-electron chi connectivity index (χ4n) is 0.759. The number of rotatable bonds is 1. The topological polar surface area (TPSA) is 12.9 Å². The summed E-state index contributed by atoms with van der Waals surface area (Å²) in [6.45, 7) is 0. The highest BCUT2D eigenvalue weighted by Gasteiger charge is 2.35. The van der Waals surface area contributed by atoms with Gasteiger partial charge in [0.15, 0.2) is 11.5 Å². The van der Waals surface area contributed by atoms with Gasteiger partial charge in [-0.1, -0.05) is 0 Å². The number of hydrogen-bond donors (Lipinski definition) is 0. The Morgan fingerprint density at radius 2 is 2.00 bits per heavy atom. The lowest BCUT2D eigenvalue weighted by molar-refractivity contribution is -0.143. The minimum atomic E-state index is -4.76. The van der Waals surface area contributed by atoms with E-state index in [-0.39, 0.29) is 11.4 Å². The van der Waals surface area contributed by atoms with Crippen molar-refractivity contribution >= 4 is 11.6 Å². The monoisotopic (exact) mass is 213 g/mol. The third-order valence-electron chi connectivity index (χ3n) is 1.32. The van der Waals surface area contributed by atoms with E-state index in [9.17, 15) is 17.6 Å². The summed E-state index contributed by atoms with van der Waals surface area (Å²) in [7, 11) is 0. The van der Waals surface area contributed by atoms with Gasteiger partial charge in [0.25, 0.3) is 0 Å². The van der Waals surface area contributed by atoms with Crippen LogP contribution in [0.25, 0.3) is 0 Å². The van der Waals surface area contributed by atoms with Crippen molar-refractivity contribution in [1.29, 1.82) is 0 Å². The van der Waals surface area contributed by atoms with Gasteiger partial charge in [-0.3, -0.25) is 0 Å². The average molecular weight is 214 g/mol. The van der Waals surface area contributed by atoms with Crippen LogP contribution in [0.1, 0.15) is 11.3 Å². The molecule has 0 spiro atoms. The first-order chi connectivity index (χ1) is 5.95. The Hall–Kier alpha value is -0.840. The Morgan fingerprint density at radius 1 is 1.38 bits per heavy atom. The van der Waals surface area contributed by atoms with E-state index in [1.807, 2.05) is 0 Å². The molecule has 0 aliphatic carbocycles. The Kier molecular flexibility index (Phi) is 2.75. The van der Waals surface area contributed by atoms with Gasteiger partial charge in [0.1, 0.15) is 0 Å². The van der Waals surface area contributed by atoms with Crippen LogP contribution in [0.3, 0.4) is 0 Å². The van der Waals surface area contributed by atoms with Crippen LogP contribution in [-0.4, -0.2) is 4.98 Å². The third kappa shape index (κ3) is 2.30. The predicted molar refractivity (Wildman–Crippen MR) is 38.8 cm³/mol. The standard InChI is InChI=1S/C7H4ClF4N/c8-2-4-1-5(9)6(13-3-4)7(10,11)12/h1,3H,2H2. The largest absolute Gasteiger partial charge is 0.436 e. The SMILES string of the molecule is Fc1cc(CCl)cnc1C(F)(F)F. The Balaban J connectivity index is 3.13. The molecule has 1 aromatic heterocycles. The molecule has 0 radical (unpaired) electrons. The predicted octanol–water partition coefficient (Wildman–Crippen LogP) is 2.98. The molecule has 13 heavy (non-hydrogen) atoms. The van der Waals surface area contributed by atoms with Crippen molar-refractivity contribution in [3.8, 4) is 0 Å². The van der Waals surface area contributed by atoms with Crippen LogP contribution >= 0.6 is 11.6 Å². The van der Waals surface area contributed by atoms with Crippen LogP contribution in [0.4, 0.5) is 17.6 Å². The van der Waals surface area contributed by atoms with Gasteiger partial charge in [0, 0.05) is 12.1 Å². The third-order valence-corrected chi connectivity index (χ3v) is 1.63. The van der Waals surface area contributed by atoms with Crippen molar-refractivity contribution in [3.05, 3.63) is 29.3 Å². The molecule has 0 saturated heterocycles. The van der Waals surface area contributed by atoms with E-state index in [2.05, 4.69) is 4.98 Å². The van der Waals surface area contributed by atoms with Crippen LogP contribution in [0, 0.1) is 5.82 Å². The quantitative estimate of drug-likeness (QED) is 0.516. The van der Waals surface area contributed by atoms with E-state index in [0.29, 0.717) is 0 Å². The van der Waals surface area contributed by atoms with E-state index in [0.717, 1.165) is 12.3 Å². The Labute approximate surface area is 76.3 Å². The summed E-state index contributed by atoms with van der Waals surface area (Å²) in [5.41, 5.74) is -1.30. The molecule has 0 aliphatic rings. The van der Waals surface area contributed by atoms with Gasteiger partial charge in [-0.2, -0.15) is 13.2 Å². The van der Waals surface area contributed by atoms with Crippen molar-refractivity contribution < 1.29 is 17.6 Å². The maximum Gasteiger partial charge on any atom is 0.436 e. The van der Waals surface area contributed by atoms with Gasteiger partial charge in [0.05, 0.1) is 0 Å². The highest BCUT2D eigenvalue weighted by Crippen LogP contribution is 2.29. The summed E-state index contributed by atoms with van der Waals surface area (Å²) in [6, 6.07) is 0.725. The normalized spacial score (nSPS) is 11.8. The van der Waals surface area contributed by atoms with Gasteiger partial charge < -0.3 is 0 Å². The van der Waals surface area contributed by atoms with Crippen LogP contribution < -0.4 is 0 Å². The maximum absolute atomic E-state index is 12.7. The van der Waals surface area contributed by atoms with Crippen molar-refractivity contribution in [3.63, 3.8) is 0 Å². The van der Waals surface area contributed by atoms with E-state index in [1.54, 1.807) is 0 Å². The van der Waals surface area contributed by atoms with Gasteiger partial charge in [0.2, 0.25) is 0 Å². The first kappa shape index (κ1) is 10.2. The van der Waals surface area contributed by atoms with Crippen molar-refractivity contribution in [2.24, 2.45) is 0 Å². The second-order valence-electron chi connectivity index (χ2n) is 2.31. The first-order valence-corrected chi connectivity index (χ1v) is 3.76. The lowest BCUT2D eigenvalue weighted by Gasteiger charge is -2.06. The number of nitrogens with zero attached hydrogens (tertiary/aromatic N) is 1. The molecule has 1 rings (SSSR count). The molecule has 0 bridgehead atoms. The van der Waals surface area contributed by atoms with E-state index in [1.165, 1.54) is 0 Å². The molecule has 1 heterocycles. The molecule has 6 heteroatoms. The highest BCUT2D eigenvalue weighted by atomic mass is 35.5. The second kappa shape index (κ2) is 3.49. The molecule has 72 valence electrons. The fourth-order valence-corrected chi connectivity index (χ4v) is 0.905. The van der Waals surface area contributed by atoms with E-state index in [4.69, 9.17) is 11.6 Å². The van der Waals surface area contributed by atoms with Gasteiger partial charge >= 0.3 is 6.18 Å². The molecule has 0 amide bonds. The molecule has 0 atom stereocenters. The van der Waals surface area contributed by atoms with E-state index >= 15 is 0 Å². The lowest BCUT2D eigenvalue weighted by Crippen LogP contribution is -2.11. The zero-order chi connectivity index (χ0) is 10.1. The van der Waals surface area contributed by atoms with Crippen molar-refractivity contribution in [2.75, 3.05) is 0 Å². The molecular weight excluding hydrogens is 210 g/mol. The number of aromatic nitrogens is 1. The van der Waals surface area contributed by atoms with Gasteiger partial charge in [-0.15, -0.1) is 11.6 Å². The van der Waals surface area contributed by atoms with Crippen LogP contribution in [0.2, 0.25) is 0 Å². The molecule has 0 fully saturated rings. The first-order valence-electron chi connectivity index (χ1n) is 3.22. The number of halogens is 5. The zero-order valence-electron chi connectivity index (χ0n) is 6.20. The average Bonchev–Trinajstić information content (AvgIpc) is 2.01.